The molecule has 0 aromatic heterocycles. The third-order valence-electron chi connectivity index (χ3n) is 4.38. The first kappa shape index (κ1) is 12.8. The molecule has 1 N–H and O–H groups in total. The molecule has 5 nitrogen and oxygen atoms in total. The maximum atomic E-state index is 12.6. The second kappa shape index (κ2) is 5.07. The number of hydrogen-bond donors (Lipinski definition) is 1. The van der Waals surface area contributed by atoms with Gasteiger partial charge in [0, 0.05) is 25.2 Å². The van der Waals surface area contributed by atoms with Crippen LogP contribution in [0.4, 0.5) is 0 Å². The van der Waals surface area contributed by atoms with Crippen LogP contribution in [0.3, 0.4) is 0 Å². The van der Waals surface area contributed by atoms with Crippen molar-refractivity contribution in [2.24, 2.45) is 5.92 Å². The van der Waals surface area contributed by atoms with Gasteiger partial charge in [-0.1, -0.05) is 0 Å². The van der Waals surface area contributed by atoms with E-state index in [4.69, 9.17) is 4.74 Å². The number of rotatable bonds is 3. The van der Waals surface area contributed by atoms with Crippen LogP contribution in [-0.4, -0.2) is 56.9 Å². The third kappa shape index (κ3) is 2.43. The van der Waals surface area contributed by atoms with Crippen LogP contribution in [0.2, 0.25) is 0 Å². The van der Waals surface area contributed by atoms with Crippen LogP contribution >= 0.6 is 0 Å². The van der Waals surface area contributed by atoms with Gasteiger partial charge in [-0.3, -0.25) is 0 Å². The van der Waals surface area contributed by atoms with E-state index in [0.717, 1.165) is 38.8 Å². The highest BCUT2D eigenvalue weighted by Crippen LogP contribution is 2.32. The smallest absolute Gasteiger partial charge is 0.215 e. The number of hydrogen-bond acceptors (Lipinski definition) is 4. The zero-order valence-electron chi connectivity index (χ0n) is 10.7. The lowest BCUT2D eigenvalue weighted by Gasteiger charge is -2.27. The second-order valence-corrected chi connectivity index (χ2v) is 7.63. The Morgan fingerprint density at radius 2 is 2.00 bits per heavy atom. The molecule has 3 unspecified atom stereocenters. The number of fused-ring (bicyclic) bond motifs is 2. The molecule has 6 heteroatoms. The molecule has 2 bridgehead atoms. The Balaban J connectivity index is 1.75. The minimum Gasteiger partial charge on any atom is -0.381 e. The van der Waals surface area contributed by atoms with E-state index in [1.54, 1.807) is 0 Å². The molecule has 0 saturated carbocycles. The van der Waals surface area contributed by atoms with E-state index in [0.29, 0.717) is 13.2 Å². The van der Waals surface area contributed by atoms with Gasteiger partial charge in [-0.2, -0.15) is 4.31 Å². The van der Waals surface area contributed by atoms with Crippen molar-refractivity contribution in [3.63, 3.8) is 0 Å². The summed E-state index contributed by atoms with van der Waals surface area (Å²) in [5, 5.41) is 3.34. The summed E-state index contributed by atoms with van der Waals surface area (Å²) < 4.78 is 32.3. The molecule has 0 aromatic rings. The second-order valence-electron chi connectivity index (χ2n) is 5.72. The van der Waals surface area contributed by atoms with Gasteiger partial charge in [0.25, 0.3) is 0 Å². The normalized spacial score (nSPS) is 37.9. The summed E-state index contributed by atoms with van der Waals surface area (Å²) in [5.41, 5.74) is 0. The molecule has 0 amide bonds. The Hall–Kier alpha value is -0.170. The average Bonchev–Trinajstić information content (AvgIpc) is 2.85. The predicted molar refractivity (Wildman–Crippen MR) is 68.8 cm³/mol. The van der Waals surface area contributed by atoms with Crippen molar-refractivity contribution in [3.05, 3.63) is 0 Å². The third-order valence-corrected chi connectivity index (χ3v) is 6.51. The van der Waals surface area contributed by atoms with Crippen LogP contribution in [0.25, 0.3) is 0 Å². The van der Waals surface area contributed by atoms with Crippen molar-refractivity contribution in [1.29, 1.82) is 0 Å². The number of nitrogens with zero attached hydrogens (tertiary/aromatic N) is 1. The van der Waals surface area contributed by atoms with Crippen molar-refractivity contribution < 1.29 is 13.2 Å². The van der Waals surface area contributed by atoms with Crippen LogP contribution in [-0.2, 0) is 14.8 Å². The van der Waals surface area contributed by atoms with Gasteiger partial charge in [0.1, 0.15) is 0 Å². The Labute approximate surface area is 109 Å². The summed E-state index contributed by atoms with van der Waals surface area (Å²) in [4.78, 5) is 0. The largest absolute Gasteiger partial charge is 0.381 e. The summed E-state index contributed by atoms with van der Waals surface area (Å²) in [6.07, 6.45) is 3.89. The van der Waals surface area contributed by atoms with Gasteiger partial charge < -0.3 is 10.1 Å². The molecule has 18 heavy (non-hydrogen) atoms. The molecule has 3 fully saturated rings. The van der Waals surface area contributed by atoms with E-state index in [1.807, 2.05) is 4.31 Å². The zero-order valence-corrected chi connectivity index (χ0v) is 11.5. The van der Waals surface area contributed by atoms with Crippen LogP contribution in [0, 0.1) is 5.92 Å². The SMILES string of the molecule is O=S(=O)(CC1CCOC1)N1C2CCNCC1CC2. The lowest BCUT2D eigenvalue weighted by molar-refractivity contribution is 0.188. The van der Waals surface area contributed by atoms with E-state index in [1.165, 1.54) is 0 Å². The fourth-order valence-electron chi connectivity index (χ4n) is 3.49. The van der Waals surface area contributed by atoms with Gasteiger partial charge in [-0.05, 0) is 38.1 Å². The Morgan fingerprint density at radius 3 is 2.78 bits per heavy atom. The van der Waals surface area contributed by atoms with Gasteiger partial charge in [0.15, 0.2) is 0 Å². The minimum absolute atomic E-state index is 0.185. The molecule has 104 valence electrons. The molecular weight excluding hydrogens is 252 g/mol. The Bertz CT molecular complexity index is 378. The highest BCUT2D eigenvalue weighted by Gasteiger charge is 2.43. The molecule has 3 aliphatic rings. The van der Waals surface area contributed by atoms with Gasteiger partial charge in [0.2, 0.25) is 10.0 Å². The number of ether oxygens (including phenoxy) is 1. The van der Waals surface area contributed by atoms with E-state index < -0.39 is 10.0 Å². The highest BCUT2D eigenvalue weighted by molar-refractivity contribution is 7.89. The molecule has 3 rings (SSSR count). The van der Waals surface area contributed by atoms with Crippen molar-refractivity contribution in [2.45, 2.75) is 37.8 Å². The molecule has 3 saturated heterocycles. The highest BCUT2D eigenvalue weighted by atomic mass is 32.2. The van der Waals surface area contributed by atoms with Crippen molar-refractivity contribution >= 4 is 10.0 Å². The van der Waals surface area contributed by atoms with Gasteiger partial charge in [-0.25, -0.2) is 8.42 Å². The standard InChI is InChI=1S/C12H22N2O3S/c15-18(16,9-10-4-6-17-8-10)14-11-1-2-12(14)7-13-5-3-11/h10-13H,1-9H2. The van der Waals surface area contributed by atoms with E-state index >= 15 is 0 Å². The molecule has 0 spiro atoms. The average molecular weight is 274 g/mol. The predicted octanol–water partition coefficient (Wildman–Crippen LogP) is 0.179. The van der Waals surface area contributed by atoms with Crippen molar-refractivity contribution in [1.82, 2.24) is 9.62 Å². The van der Waals surface area contributed by atoms with Gasteiger partial charge >= 0.3 is 0 Å². The van der Waals surface area contributed by atoms with Crippen LogP contribution in [0.1, 0.15) is 25.7 Å². The summed E-state index contributed by atoms with van der Waals surface area (Å²) in [6.45, 7) is 3.09. The Kier molecular flexibility index (Phi) is 3.62. The van der Waals surface area contributed by atoms with Gasteiger partial charge in [-0.15, -0.1) is 0 Å². The molecule has 3 heterocycles. The van der Waals surface area contributed by atoms with Crippen molar-refractivity contribution in [3.8, 4) is 0 Å². The zero-order chi connectivity index (χ0) is 12.6. The van der Waals surface area contributed by atoms with Crippen LogP contribution < -0.4 is 5.32 Å². The quantitative estimate of drug-likeness (QED) is 0.797. The first-order valence-corrected chi connectivity index (χ1v) is 8.57. The van der Waals surface area contributed by atoms with Crippen molar-refractivity contribution in [2.75, 3.05) is 32.1 Å². The van der Waals surface area contributed by atoms with E-state index in [9.17, 15) is 8.42 Å². The summed E-state index contributed by atoms with van der Waals surface area (Å²) in [5.74, 6) is 0.477. The first-order valence-electron chi connectivity index (χ1n) is 6.96. The first-order chi connectivity index (χ1) is 8.67. The maximum Gasteiger partial charge on any atom is 0.215 e. The Morgan fingerprint density at radius 1 is 1.17 bits per heavy atom. The topological polar surface area (TPSA) is 58.6 Å². The minimum atomic E-state index is -3.11. The van der Waals surface area contributed by atoms with E-state index in [2.05, 4.69) is 5.32 Å². The van der Waals surface area contributed by atoms with Crippen LogP contribution in [0.15, 0.2) is 0 Å². The summed E-state index contributed by atoms with van der Waals surface area (Å²) >= 11 is 0. The number of nitrogens with one attached hydrogen (secondary N) is 1. The molecule has 0 aliphatic carbocycles. The maximum absolute atomic E-state index is 12.6. The fraction of sp³-hybridized carbons (Fsp3) is 1.00. The fourth-order valence-corrected chi connectivity index (χ4v) is 5.82. The molecule has 0 aromatic carbocycles. The lowest BCUT2D eigenvalue weighted by atomic mass is 10.1. The molecule has 3 aliphatic heterocycles. The van der Waals surface area contributed by atoms with Crippen LogP contribution in [0.5, 0.6) is 0 Å². The summed E-state index contributed by atoms with van der Waals surface area (Å²) in [6, 6.07) is 0.419. The molecule has 3 atom stereocenters. The lowest BCUT2D eigenvalue weighted by Crippen LogP contribution is -2.44. The molecular formula is C12H22N2O3S. The number of sulfonamides is 1. The van der Waals surface area contributed by atoms with E-state index in [-0.39, 0.29) is 23.8 Å². The monoisotopic (exact) mass is 274 g/mol. The van der Waals surface area contributed by atoms with Gasteiger partial charge in [0.05, 0.1) is 12.4 Å². The molecule has 0 radical (unpaired) electrons. The summed E-state index contributed by atoms with van der Waals surface area (Å²) in [7, 11) is -3.11.